The van der Waals surface area contributed by atoms with Crippen LogP contribution in [0.1, 0.15) is 30.4 Å². The third-order valence-electron chi connectivity index (χ3n) is 5.74. The van der Waals surface area contributed by atoms with Gasteiger partial charge in [0.05, 0.1) is 10.6 Å². The predicted octanol–water partition coefficient (Wildman–Crippen LogP) is 4.44. The lowest BCUT2D eigenvalue weighted by Gasteiger charge is -2.45. The molecule has 10 heteroatoms. The van der Waals surface area contributed by atoms with E-state index in [1.807, 2.05) is 0 Å². The maximum atomic E-state index is 14.4. The highest BCUT2D eigenvalue weighted by molar-refractivity contribution is 6.30. The van der Waals surface area contributed by atoms with Gasteiger partial charge in [-0.25, -0.2) is 9.37 Å². The molecule has 1 atom stereocenters. The molecule has 1 aromatic carbocycles. The molecule has 0 spiro atoms. The Morgan fingerprint density at radius 2 is 1.81 bits per heavy atom. The van der Waals surface area contributed by atoms with Gasteiger partial charge in [-0.2, -0.15) is 13.2 Å². The average molecular weight is 456 g/mol. The van der Waals surface area contributed by atoms with Crippen molar-refractivity contribution in [1.29, 1.82) is 0 Å². The first-order valence-electron chi connectivity index (χ1n) is 9.73. The van der Waals surface area contributed by atoms with Crippen LogP contribution < -0.4 is 4.90 Å². The lowest BCUT2D eigenvalue weighted by Crippen LogP contribution is -2.63. The molecule has 0 N–H and O–H groups in total. The second-order valence-electron chi connectivity index (χ2n) is 7.74. The van der Waals surface area contributed by atoms with Crippen LogP contribution >= 0.6 is 11.6 Å². The van der Waals surface area contributed by atoms with Gasteiger partial charge in [-0.05, 0) is 42.5 Å². The number of halogens is 5. The van der Waals surface area contributed by atoms with Crippen LogP contribution in [0.25, 0.3) is 0 Å². The highest BCUT2D eigenvalue weighted by Crippen LogP contribution is 2.37. The summed E-state index contributed by atoms with van der Waals surface area (Å²) in [5, 5.41) is 0.0662. The van der Waals surface area contributed by atoms with E-state index in [1.165, 1.54) is 23.2 Å². The second-order valence-corrected chi connectivity index (χ2v) is 8.17. The van der Waals surface area contributed by atoms with Crippen LogP contribution in [0.3, 0.4) is 0 Å². The molecule has 2 heterocycles. The van der Waals surface area contributed by atoms with Crippen molar-refractivity contribution in [2.45, 2.75) is 38.0 Å². The minimum atomic E-state index is -4.46. The quantitative estimate of drug-likeness (QED) is 0.641. The maximum absolute atomic E-state index is 14.4. The highest BCUT2D eigenvalue weighted by atomic mass is 35.5. The van der Waals surface area contributed by atoms with E-state index in [9.17, 15) is 27.2 Å². The fourth-order valence-corrected chi connectivity index (χ4v) is 4.08. The van der Waals surface area contributed by atoms with E-state index in [-0.39, 0.29) is 23.3 Å². The normalized spacial score (nSPS) is 20.2. The standard InChI is InChI=1S/C21H18ClF4N3O2/c22-15-8-16(23)19(27-9-15)29-11-17(30)28(18(20(29)31)13-2-1-3-13)10-12-4-6-14(7-5-12)21(24,25)26/h4-9,13,18H,1-3,10-11H2. The summed E-state index contributed by atoms with van der Waals surface area (Å²) in [5.74, 6) is -2.04. The van der Waals surface area contributed by atoms with Crippen LogP contribution in [0.5, 0.6) is 0 Å². The molecule has 2 fully saturated rings. The molecule has 2 aromatic rings. The van der Waals surface area contributed by atoms with E-state index < -0.39 is 42.0 Å². The van der Waals surface area contributed by atoms with Gasteiger partial charge in [0, 0.05) is 12.7 Å². The lowest BCUT2D eigenvalue weighted by molar-refractivity contribution is -0.147. The van der Waals surface area contributed by atoms with Crippen LogP contribution in [-0.2, 0) is 22.3 Å². The van der Waals surface area contributed by atoms with Gasteiger partial charge in [-0.1, -0.05) is 30.2 Å². The third kappa shape index (κ3) is 4.23. The number of anilines is 1. The van der Waals surface area contributed by atoms with Crippen LogP contribution in [0, 0.1) is 11.7 Å². The Morgan fingerprint density at radius 1 is 1.13 bits per heavy atom. The van der Waals surface area contributed by atoms with Gasteiger partial charge in [-0.3, -0.25) is 14.5 Å². The Labute approximate surface area is 180 Å². The first-order chi connectivity index (χ1) is 14.6. The molecule has 2 aliphatic rings. The van der Waals surface area contributed by atoms with Gasteiger partial charge < -0.3 is 4.90 Å². The molecule has 2 amide bonds. The number of hydrogen-bond donors (Lipinski definition) is 0. The predicted molar refractivity (Wildman–Crippen MR) is 105 cm³/mol. The van der Waals surface area contributed by atoms with Crippen molar-refractivity contribution in [3.05, 3.63) is 58.5 Å². The van der Waals surface area contributed by atoms with Gasteiger partial charge in [0.1, 0.15) is 12.6 Å². The summed E-state index contributed by atoms with van der Waals surface area (Å²) in [7, 11) is 0. The van der Waals surface area contributed by atoms with E-state index in [0.717, 1.165) is 42.4 Å². The SMILES string of the molecule is O=C1C(C2CCC2)N(Cc2ccc(C(F)(F)F)cc2)C(=O)CN1c1ncc(Cl)cc1F. The van der Waals surface area contributed by atoms with Crippen molar-refractivity contribution in [2.24, 2.45) is 5.92 Å². The molecule has 1 unspecified atom stereocenters. The highest BCUT2D eigenvalue weighted by Gasteiger charge is 2.46. The molecule has 0 radical (unpaired) electrons. The molecule has 31 heavy (non-hydrogen) atoms. The van der Waals surface area contributed by atoms with E-state index in [2.05, 4.69) is 4.98 Å². The molecular weight excluding hydrogens is 438 g/mol. The molecule has 0 bridgehead atoms. The molecular formula is C21H18ClF4N3O2. The van der Waals surface area contributed by atoms with E-state index in [1.54, 1.807) is 0 Å². The maximum Gasteiger partial charge on any atom is 0.416 e. The van der Waals surface area contributed by atoms with Gasteiger partial charge in [0.25, 0.3) is 5.91 Å². The van der Waals surface area contributed by atoms with E-state index in [0.29, 0.717) is 5.56 Å². The second kappa shape index (κ2) is 8.11. The van der Waals surface area contributed by atoms with Crippen molar-refractivity contribution < 1.29 is 27.2 Å². The number of benzene rings is 1. The van der Waals surface area contributed by atoms with Crippen LogP contribution in [0.15, 0.2) is 36.5 Å². The Hall–Kier alpha value is -2.68. The molecule has 1 saturated carbocycles. The number of amides is 2. The molecule has 5 nitrogen and oxygen atoms in total. The number of nitrogens with zero attached hydrogens (tertiary/aromatic N) is 3. The third-order valence-corrected chi connectivity index (χ3v) is 5.95. The number of carbonyl (C=O) groups is 2. The van der Waals surface area contributed by atoms with Crippen LogP contribution in [0.4, 0.5) is 23.4 Å². The van der Waals surface area contributed by atoms with E-state index in [4.69, 9.17) is 11.6 Å². The molecule has 164 valence electrons. The smallest absolute Gasteiger partial charge is 0.324 e. The van der Waals surface area contributed by atoms with Gasteiger partial charge in [0.2, 0.25) is 5.91 Å². The fourth-order valence-electron chi connectivity index (χ4n) is 3.93. The largest absolute Gasteiger partial charge is 0.416 e. The monoisotopic (exact) mass is 455 g/mol. The molecule has 1 aliphatic heterocycles. The number of piperazine rings is 1. The van der Waals surface area contributed by atoms with Crippen molar-refractivity contribution >= 4 is 29.2 Å². The minimum Gasteiger partial charge on any atom is -0.324 e. The van der Waals surface area contributed by atoms with Crippen molar-refractivity contribution in [3.63, 3.8) is 0 Å². The Balaban J connectivity index is 1.61. The first-order valence-corrected chi connectivity index (χ1v) is 10.1. The summed E-state index contributed by atoms with van der Waals surface area (Å²) in [6.07, 6.45) is -0.885. The molecule has 4 rings (SSSR count). The Morgan fingerprint density at radius 3 is 2.35 bits per heavy atom. The summed E-state index contributed by atoms with van der Waals surface area (Å²) < 4.78 is 52.8. The first kappa shape index (κ1) is 21.5. The minimum absolute atomic E-state index is 0.00571. The molecule has 1 aromatic heterocycles. The number of alkyl halides is 3. The molecule has 1 saturated heterocycles. The van der Waals surface area contributed by atoms with Gasteiger partial charge in [-0.15, -0.1) is 0 Å². The summed E-state index contributed by atoms with van der Waals surface area (Å²) in [6, 6.07) is 4.69. The summed E-state index contributed by atoms with van der Waals surface area (Å²) in [5.41, 5.74) is -0.314. The summed E-state index contributed by atoms with van der Waals surface area (Å²) in [6.45, 7) is -0.414. The van der Waals surface area contributed by atoms with E-state index >= 15 is 0 Å². The van der Waals surface area contributed by atoms with Gasteiger partial charge in [0.15, 0.2) is 11.6 Å². The lowest BCUT2D eigenvalue weighted by atomic mass is 9.77. The zero-order valence-corrected chi connectivity index (χ0v) is 17.0. The zero-order chi connectivity index (χ0) is 22.3. The Bertz CT molecular complexity index is 1010. The number of hydrogen-bond acceptors (Lipinski definition) is 3. The van der Waals surface area contributed by atoms with Crippen LogP contribution in [0.2, 0.25) is 5.02 Å². The number of pyridine rings is 1. The van der Waals surface area contributed by atoms with Crippen molar-refractivity contribution in [2.75, 3.05) is 11.4 Å². The topological polar surface area (TPSA) is 53.5 Å². The molecule has 1 aliphatic carbocycles. The number of aromatic nitrogens is 1. The Kier molecular flexibility index (Phi) is 5.63. The van der Waals surface area contributed by atoms with Gasteiger partial charge >= 0.3 is 6.18 Å². The number of carbonyl (C=O) groups excluding carboxylic acids is 2. The fraction of sp³-hybridized carbons (Fsp3) is 0.381. The zero-order valence-electron chi connectivity index (χ0n) is 16.2. The average Bonchev–Trinajstić information content (AvgIpc) is 2.66. The van der Waals surface area contributed by atoms with Crippen LogP contribution in [-0.4, -0.2) is 34.3 Å². The number of rotatable bonds is 4. The summed E-state index contributed by atoms with van der Waals surface area (Å²) >= 11 is 5.73. The van der Waals surface area contributed by atoms with Crippen molar-refractivity contribution in [3.8, 4) is 0 Å². The van der Waals surface area contributed by atoms with Crippen molar-refractivity contribution in [1.82, 2.24) is 9.88 Å². The summed E-state index contributed by atoms with van der Waals surface area (Å²) in [4.78, 5) is 32.5.